The zero-order valence-electron chi connectivity index (χ0n) is 11.9. The van der Waals surface area contributed by atoms with Crippen molar-refractivity contribution in [2.24, 2.45) is 0 Å². The highest BCUT2D eigenvalue weighted by molar-refractivity contribution is 7.89. The summed E-state index contributed by atoms with van der Waals surface area (Å²) in [6.45, 7) is 0. The van der Waals surface area contributed by atoms with Gasteiger partial charge in [-0.15, -0.1) is 0 Å². The number of nitrogens with one attached hydrogen (secondary N) is 1. The fraction of sp³-hybridized carbons (Fsp3) is 0.400. The molecule has 4 rings (SSSR count). The molecule has 0 radical (unpaired) electrons. The van der Waals surface area contributed by atoms with Gasteiger partial charge in [0.25, 0.3) is 0 Å². The van der Waals surface area contributed by atoms with Crippen LogP contribution in [0.15, 0.2) is 35.4 Å². The summed E-state index contributed by atoms with van der Waals surface area (Å²) in [6.07, 6.45) is 5.26. The summed E-state index contributed by atoms with van der Waals surface area (Å²) in [4.78, 5) is 0.306. The van der Waals surface area contributed by atoms with Crippen LogP contribution >= 0.6 is 11.6 Å². The van der Waals surface area contributed by atoms with Crippen LogP contribution in [0.4, 0.5) is 0 Å². The molecular formula is C15H16ClN3O2S. The number of fused-ring (bicyclic) bond motifs is 4. The topological polar surface area (TPSA) is 66.1 Å². The van der Waals surface area contributed by atoms with Gasteiger partial charge < -0.3 is 0 Å². The summed E-state index contributed by atoms with van der Waals surface area (Å²) in [6, 6.07) is 6.31. The number of H-pyrrole nitrogens is 1. The number of piperidine rings is 1. The molecule has 0 saturated carbocycles. The Morgan fingerprint density at radius 3 is 2.77 bits per heavy atom. The van der Waals surface area contributed by atoms with Crippen molar-refractivity contribution in [2.75, 3.05) is 0 Å². The molecule has 2 aliphatic heterocycles. The zero-order valence-corrected chi connectivity index (χ0v) is 13.4. The molecule has 0 amide bonds. The van der Waals surface area contributed by atoms with E-state index in [4.69, 9.17) is 11.6 Å². The predicted octanol–water partition coefficient (Wildman–Crippen LogP) is 2.90. The Morgan fingerprint density at radius 1 is 1.23 bits per heavy atom. The van der Waals surface area contributed by atoms with Crippen molar-refractivity contribution in [3.63, 3.8) is 0 Å². The van der Waals surface area contributed by atoms with Crippen molar-refractivity contribution < 1.29 is 8.42 Å². The minimum Gasteiger partial charge on any atom is -0.282 e. The summed E-state index contributed by atoms with van der Waals surface area (Å²) in [7, 11) is -3.53. The van der Waals surface area contributed by atoms with E-state index in [2.05, 4.69) is 10.2 Å². The number of hydrogen-bond donors (Lipinski definition) is 1. The fourth-order valence-electron chi connectivity index (χ4n) is 3.64. The first kappa shape index (κ1) is 14.2. The van der Waals surface area contributed by atoms with Crippen LogP contribution < -0.4 is 0 Å². The van der Waals surface area contributed by atoms with E-state index in [9.17, 15) is 8.42 Å². The largest absolute Gasteiger partial charge is 0.282 e. The first-order valence-corrected chi connectivity index (χ1v) is 9.20. The lowest BCUT2D eigenvalue weighted by molar-refractivity contribution is 0.162. The molecule has 116 valence electrons. The zero-order chi connectivity index (χ0) is 15.3. The van der Waals surface area contributed by atoms with Gasteiger partial charge in [-0.1, -0.05) is 11.6 Å². The van der Waals surface area contributed by atoms with Gasteiger partial charge in [-0.05, 0) is 43.5 Å². The van der Waals surface area contributed by atoms with Gasteiger partial charge in [-0.2, -0.15) is 9.40 Å². The van der Waals surface area contributed by atoms with Crippen molar-refractivity contribution in [2.45, 2.75) is 42.7 Å². The van der Waals surface area contributed by atoms with E-state index in [1.54, 1.807) is 34.8 Å². The number of halogens is 1. The third-order valence-corrected chi connectivity index (χ3v) is 6.85. The quantitative estimate of drug-likeness (QED) is 0.916. The summed E-state index contributed by atoms with van der Waals surface area (Å²) in [5.74, 6) is 0. The summed E-state index contributed by atoms with van der Waals surface area (Å²) < 4.78 is 27.9. The van der Waals surface area contributed by atoms with Crippen LogP contribution in [-0.4, -0.2) is 29.0 Å². The van der Waals surface area contributed by atoms with Crippen LogP contribution in [0.5, 0.6) is 0 Å². The number of nitrogens with zero attached hydrogens (tertiary/aromatic N) is 2. The molecule has 1 N–H and O–H groups in total. The van der Waals surface area contributed by atoms with Crippen LogP contribution in [0.2, 0.25) is 5.02 Å². The van der Waals surface area contributed by atoms with Crippen molar-refractivity contribution in [3.8, 4) is 0 Å². The molecule has 0 unspecified atom stereocenters. The highest BCUT2D eigenvalue weighted by Crippen LogP contribution is 2.44. The Bertz CT molecular complexity index is 800. The van der Waals surface area contributed by atoms with Gasteiger partial charge in [0, 0.05) is 28.7 Å². The molecule has 3 heterocycles. The second-order valence-corrected chi connectivity index (χ2v) is 8.18. The van der Waals surface area contributed by atoms with E-state index in [-0.39, 0.29) is 12.1 Å². The van der Waals surface area contributed by atoms with E-state index in [0.717, 1.165) is 30.5 Å². The Kier molecular flexibility index (Phi) is 3.29. The molecule has 1 aromatic heterocycles. The summed E-state index contributed by atoms with van der Waals surface area (Å²) in [5.41, 5.74) is 2.10. The Labute approximate surface area is 134 Å². The average Bonchev–Trinajstić information content (AvgIpc) is 2.95. The second kappa shape index (κ2) is 5.08. The van der Waals surface area contributed by atoms with Gasteiger partial charge in [-0.3, -0.25) is 5.10 Å². The van der Waals surface area contributed by atoms with E-state index < -0.39 is 10.0 Å². The molecule has 5 nitrogen and oxygen atoms in total. The number of hydrogen-bond acceptors (Lipinski definition) is 3. The van der Waals surface area contributed by atoms with Crippen molar-refractivity contribution >= 4 is 21.6 Å². The first-order valence-electron chi connectivity index (χ1n) is 7.38. The van der Waals surface area contributed by atoms with E-state index in [1.807, 2.05) is 0 Å². The van der Waals surface area contributed by atoms with Crippen LogP contribution in [0.3, 0.4) is 0 Å². The molecule has 1 saturated heterocycles. The number of rotatable bonds is 2. The van der Waals surface area contributed by atoms with Crippen molar-refractivity contribution in [1.82, 2.24) is 14.5 Å². The van der Waals surface area contributed by atoms with Crippen LogP contribution in [0, 0.1) is 0 Å². The lowest BCUT2D eigenvalue weighted by Gasteiger charge is -2.44. The third kappa shape index (κ3) is 2.09. The number of aromatic amines is 1. The summed E-state index contributed by atoms with van der Waals surface area (Å²) in [5, 5.41) is 7.65. The standard InChI is InChI=1S/C15H16ClN3O2S/c16-10-4-6-12(7-5-10)22(20,21)19-11-2-1-3-15(19)13-9-17-18-14(13)8-11/h4-7,9,11,15H,1-3,8H2,(H,17,18)/t11-,15+/m1/s1. The first-order chi connectivity index (χ1) is 10.6. The molecular weight excluding hydrogens is 322 g/mol. The monoisotopic (exact) mass is 337 g/mol. The molecule has 7 heteroatoms. The maximum Gasteiger partial charge on any atom is 0.243 e. The van der Waals surface area contributed by atoms with Crippen molar-refractivity contribution in [3.05, 3.63) is 46.7 Å². The molecule has 0 aliphatic carbocycles. The van der Waals surface area contributed by atoms with Crippen molar-refractivity contribution in [1.29, 1.82) is 0 Å². The number of benzene rings is 1. The van der Waals surface area contributed by atoms with Gasteiger partial charge >= 0.3 is 0 Å². The van der Waals surface area contributed by atoms with Crippen LogP contribution in [-0.2, 0) is 16.4 Å². The molecule has 1 aromatic carbocycles. The van der Waals surface area contributed by atoms with E-state index in [1.165, 1.54) is 0 Å². The maximum atomic E-state index is 13.1. The molecule has 2 aliphatic rings. The van der Waals surface area contributed by atoms with E-state index in [0.29, 0.717) is 16.3 Å². The molecule has 2 atom stereocenters. The van der Waals surface area contributed by atoms with Crippen LogP contribution in [0.1, 0.15) is 36.6 Å². The predicted molar refractivity (Wildman–Crippen MR) is 83.1 cm³/mol. The highest BCUT2D eigenvalue weighted by atomic mass is 35.5. The lowest BCUT2D eigenvalue weighted by Crippen LogP contribution is -2.49. The molecule has 22 heavy (non-hydrogen) atoms. The third-order valence-electron chi connectivity index (χ3n) is 4.62. The Morgan fingerprint density at radius 2 is 2.00 bits per heavy atom. The van der Waals surface area contributed by atoms with Gasteiger partial charge in [0.15, 0.2) is 0 Å². The van der Waals surface area contributed by atoms with Gasteiger partial charge in [0.2, 0.25) is 10.0 Å². The molecule has 1 fully saturated rings. The Balaban J connectivity index is 1.80. The maximum absolute atomic E-state index is 13.1. The minimum absolute atomic E-state index is 0.00683. The summed E-state index contributed by atoms with van der Waals surface area (Å²) >= 11 is 5.87. The SMILES string of the molecule is O=S(=O)(c1ccc(Cl)cc1)N1[C@@H]2CCC[C@H]1c1cn[nH]c1C2. The number of aromatic nitrogens is 2. The fourth-order valence-corrected chi connectivity index (χ4v) is 5.62. The number of sulfonamides is 1. The van der Waals surface area contributed by atoms with Gasteiger partial charge in [0.1, 0.15) is 0 Å². The minimum atomic E-state index is -3.53. The smallest absolute Gasteiger partial charge is 0.243 e. The second-order valence-electron chi connectivity index (χ2n) is 5.90. The normalized spacial score (nSPS) is 25.0. The molecule has 2 bridgehead atoms. The molecule has 2 aromatic rings. The molecule has 0 spiro atoms. The van der Waals surface area contributed by atoms with Gasteiger partial charge in [0.05, 0.1) is 17.1 Å². The highest BCUT2D eigenvalue weighted by Gasteiger charge is 2.45. The average molecular weight is 338 g/mol. The lowest BCUT2D eigenvalue weighted by atomic mass is 9.86. The van der Waals surface area contributed by atoms with Gasteiger partial charge in [-0.25, -0.2) is 8.42 Å². The van der Waals surface area contributed by atoms with Crippen LogP contribution in [0.25, 0.3) is 0 Å². The Hall–Kier alpha value is -1.37. The van der Waals surface area contributed by atoms with E-state index >= 15 is 0 Å².